The Morgan fingerprint density at radius 2 is 2.00 bits per heavy atom. The van der Waals surface area contributed by atoms with E-state index in [4.69, 9.17) is 4.52 Å². The lowest BCUT2D eigenvalue weighted by Crippen LogP contribution is -2.10. The third-order valence-corrected chi connectivity index (χ3v) is 2.20. The first-order valence-corrected chi connectivity index (χ1v) is 4.96. The summed E-state index contributed by atoms with van der Waals surface area (Å²) in [6.45, 7) is 6.31. The molecule has 0 aromatic carbocycles. The molecule has 78 valence electrons. The number of hydrogen-bond donors (Lipinski definition) is 0. The van der Waals surface area contributed by atoms with Gasteiger partial charge in [0, 0.05) is 17.7 Å². The highest BCUT2D eigenvalue weighted by Gasteiger charge is 2.19. The van der Waals surface area contributed by atoms with Gasteiger partial charge in [0.15, 0.2) is 5.76 Å². The van der Waals surface area contributed by atoms with Gasteiger partial charge in [-0.3, -0.25) is 4.98 Å². The predicted octanol–water partition coefficient (Wildman–Crippen LogP) is 3.03. The third kappa shape index (κ3) is 2.06. The molecule has 3 nitrogen and oxygen atoms in total. The van der Waals surface area contributed by atoms with Gasteiger partial charge in [0.05, 0.1) is 5.69 Å². The fourth-order valence-electron chi connectivity index (χ4n) is 1.26. The Hall–Kier alpha value is -1.64. The van der Waals surface area contributed by atoms with Crippen LogP contribution in [0, 0.1) is 0 Å². The van der Waals surface area contributed by atoms with Crippen molar-refractivity contribution in [3.05, 3.63) is 36.2 Å². The maximum atomic E-state index is 5.26. The van der Waals surface area contributed by atoms with E-state index in [0.29, 0.717) is 0 Å². The largest absolute Gasteiger partial charge is 0.354 e. The van der Waals surface area contributed by atoms with Crippen LogP contribution in [-0.2, 0) is 5.41 Å². The molecular weight excluding hydrogens is 188 g/mol. The van der Waals surface area contributed by atoms with Gasteiger partial charge in [-0.2, -0.15) is 0 Å². The molecule has 0 saturated heterocycles. The van der Waals surface area contributed by atoms with Crippen LogP contribution in [0.1, 0.15) is 26.5 Å². The average Bonchev–Trinajstić information content (AvgIpc) is 2.67. The van der Waals surface area contributed by atoms with Crippen LogP contribution in [0.25, 0.3) is 11.5 Å². The number of nitrogens with zero attached hydrogens (tertiary/aromatic N) is 2. The molecule has 0 N–H and O–H groups in total. The monoisotopic (exact) mass is 202 g/mol. The van der Waals surface area contributed by atoms with Crippen LogP contribution in [0.5, 0.6) is 0 Å². The Bertz CT molecular complexity index is 440. The van der Waals surface area contributed by atoms with Crippen molar-refractivity contribution in [2.24, 2.45) is 0 Å². The standard InChI is InChI=1S/C12H14N2O/c1-12(2,3)11-8-10(15-14-11)9-6-4-5-7-13-9/h4-8H,1-3H3. The van der Waals surface area contributed by atoms with Crippen LogP contribution in [0.15, 0.2) is 35.0 Å². The van der Waals surface area contributed by atoms with E-state index in [0.717, 1.165) is 17.1 Å². The van der Waals surface area contributed by atoms with Crippen molar-refractivity contribution in [1.29, 1.82) is 0 Å². The molecule has 0 amide bonds. The van der Waals surface area contributed by atoms with Gasteiger partial charge in [0.1, 0.15) is 5.69 Å². The minimum absolute atomic E-state index is 0.0104. The third-order valence-electron chi connectivity index (χ3n) is 2.20. The van der Waals surface area contributed by atoms with E-state index in [9.17, 15) is 0 Å². The summed E-state index contributed by atoms with van der Waals surface area (Å²) in [5.41, 5.74) is 1.78. The second-order valence-corrected chi connectivity index (χ2v) is 4.54. The molecule has 0 radical (unpaired) electrons. The second-order valence-electron chi connectivity index (χ2n) is 4.54. The van der Waals surface area contributed by atoms with Gasteiger partial charge >= 0.3 is 0 Å². The summed E-state index contributed by atoms with van der Waals surface area (Å²) < 4.78 is 5.26. The minimum Gasteiger partial charge on any atom is -0.354 e. The molecule has 2 rings (SSSR count). The summed E-state index contributed by atoms with van der Waals surface area (Å²) in [6, 6.07) is 7.67. The first-order chi connectivity index (χ1) is 7.07. The van der Waals surface area contributed by atoms with Crippen molar-refractivity contribution in [3.63, 3.8) is 0 Å². The smallest absolute Gasteiger partial charge is 0.185 e. The number of hydrogen-bond acceptors (Lipinski definition) is 3. The molecule has 0 saturated carbocycles. The predicted molar refractivity (Wildman–Crippen MR) is 58.4 cm³/mol. The number of rotatable bonds is 1. The summed E-state index contributed by atoms with van der Waals surface area (Å²) >= 11 is 0. The van der Waals surface area contributed by atoms with Crippen molar-refractivity contribution < 1.29 is 4.52 Å². The maximum absolute atomic E-state index is 5.26. The molecule has 2 heterocycles. The molecule has 0 aliphatic rings. The molecule has 2 aromatic heterocycles. The normalized spacial score (nSPS) is 11.7. The van der Waals surface area contributed by atoms with Crippen molar-refractivity contribution in [2.45, 2.75) is 26.2 Å². The van der Waals surface area contributed by atoms with E-state index in [1.165, 1.54) is 0 Å². The molecule has 15 heavy (non-hydrogen) atoms. The van der Waals surface area contributed by atoms with E-state index in [2.05, 4.69) is 30.9 Å². The van der Waals surface area contributed by atoms with Crippen LogP contribution in [-0.4, -0.2) is 10.1 Å². The highest BCUT2D eigenvalue weighted by Crippen LogP contribution is 2.25. The van der Waals surface area contributed by atoms with Crippen molar-refractivity contribution >= 4 is 0 Å². The Morgan fingerprint density at radius 1 is 1.20 bits per heavy atom. The van der Waals surface area contributed by atoms with E-state index in [1.54, 1.807) is 6.20 Å². The van der Waals surface area contributed by atoms with Crippen molar-refractivity contribution in [1.82, 2.24) is 10.1 Å². The first-order valence-electron chi connectivity index (χ1n) is 4.96. The Morgan fingerprint density at radius 3 is 2.53 bits per heavy atom. The van der Waals surface area contributed by atoms with Gasteiger partial charge in [-0.1, -0.05) is 32.0 Å². The maximum Gasteiger partial charge on any atom is 0.185 e. The molecule has 0 aliphatic carbocycles. The molecule has 0 unspecified atom stereocenters. The fraction of sp³-hybridized carbons (Fsp3) is 0.333. The van der Waals surface area contributed by atoms with Crippen molar-refractivity contribution in [2.75, 3.05) is 0 Å². The molecule has 2 aromatic rings. The highest BCUT2D eigenvalue weighted by molar-refractivity contribution is 5.51. The summed E-state index contributed by atoms with van der Waals surface area (Å²) in [5.74, 6) is 0.723. The summed E-state index contributed by atoms with van der Waals surface area (Å²) in [5, 5.41) is 4.05. The van der Waals surface area contributed by atoms with Gasteiger partial charge < -0.3 is 4.52 Å². The van der Waals surface area contributed by atoms with E-state index in [-0.39, 0.29) is 5.41 Å². The summed E-state index contributed by atoms with van der Waals surface area (Å²) in [6.07, 6.45) is 1.74. The lowest BCUT2D eigenvalue weighted by Gasteiger charge is -2.12. The van der Waals surface area contributed by atoms with Crippen LogP contribution >= 0.6 is 0 Å². The van der Waals surface area contributed by atoms with E-state index in [1.807, 2.05) is 24.3 Å². The number of aromatic nitrogens is 2. The minimum atomic E-state index is 0.0104. The fourth-order valence-corrected chi connectivity index (χ4v) is 1.26. The molecule has 0 bridgehead atoms. The molecule has 0 atom stereocenters. The summed E-state index contributed by atoms with van der Waals surface area (Å²) in [4.78, 5) is 4.21. The lowest BCUT2D eigenvalue weighted by molar-refractivity contribution is 0.401. The van der Waals surface area contributed by atoms with Gasteiger partial charge in [0.25, 0.3) is 0 Å². The van der Waals surface area contributed by atoms with Gasteiger partial charge in [-0.05, 0) is 12.1 Å². The molecule has 0 fully saturated rings. The molecule has 0 spiro atoms. The van der Waals surface area contributed by atoms with E-state index < -0.39 is 0 Å². The quantitative estimate of drug-likeness (QED) is 0.713. The van der Waals surface area contributed by atoms with Gasteiger partial charge in [-0.15, -0.1) is 0 Å². The average molecular weight is 202 g/mol. The highest BCUT2D eigenvalue weighted by atomic mass is 16.5. The van der Waals surface area contributed by atoms with E-state index >= 15 is 0 Å². The Kier molecular flexibility index (Phi) is 2.31. The second kappa shape index (κ2) is 3.50. The molecule has 3 heteroatoms. The van der Waals surface area contributed by atoms with Gasteiger partial charge in [-0.25, -0.2) is 0 Å². The van der Waals surface area contributed by atoms with Crippen LogP contribution in [0.4, 0.5) is 0 Å². The zero-order valence-electron chi connectivity index (χ0n) is 9.19. The lowest BCUT2D eigenvalue weighted by atomic mass is 9.92. The topological polar surface area (TPSA) is 38.9 Å². The Balaban J connectivity index is 2.37. The number of pyridine rings is 1. The van der Waals surface area contributed by atoms with Crippen LogP contribution < -0.4 is 0 Å². The first kappa shape index (κ1) is 9.90. The van der Waals surface area contributed by atoms with Crippen LogP contribution in [0.3, 0.4) is 0 Å². The zero-order chi connectivity index (χ0) is 10.9. The van der Waals surface area contributed by atoms with Crippen molar-refractivity contribution in [3.8, 4) is 11.5 Å². The molecule has 0 aliphatic heterocycles. The zero-order valence-corrected chi connectivity index (χ0v) is 9.19. The SMILES string of the molecule is CC(C)(C)c1cc(-c2ccccn2)on1. The van der Waals surface area contributed by atoms with Crippen LogP contribution in [0.2, 0.25) is 0 Å². The summed E-state index contributed by atoms with van der Waals surface area (Å²) in [7, 11) is 0. The van der Waals surface area contributed by atoms with Gasteiger partial charge in [0.2, 0.25) is 0 Å². The Labute approximate surface area is 89.1 Å². The molecular formula is C12H14N2O.